The van der Waals surface area contributed by atoms with E-state index in [-0.39, 0.29) is 18.0 Å². The van der Waals surface area contributed by atoms with Crippen LogP contribution in [0, 0.1) is 5.92 Å². The average molecular weight is 252 g/mol. The second-order valence-corrected chi connectivity index (χ2v) is 5.92. The Kier molecular flexibility index (Phi) is 3.84. The summed E-state index contributed by atoms with van der Waals surface area (Å²) >= 11 is 1.66. The molecule has 0 bridgehead atoms. The molecule has 1 amide bonds. The van der Waals surface area contributed by atoms with Gasteiger partial charge in [-0.1, -0.05) is 13.8 Å². The van der Waals surface area contributed by atoms with Crippen LogP contribution in [0.2, 0.25) is 0 Å². The molecule has 17 heavy (non-hydrogen) atoms. The van der Waals surface area contributed by atoms with Gasteiger partial charge in [-0.2, -0.15) is 11.3 Å². The third-order valence-electron chi connectivity index (χ3n) is 3.20. The fourth-order valence-corrected chi connectivity index (χ4v) is 3.15. The molecule has 2 unspecified atom stereocenters. The van der Waals surface area contributed by atoms with Crippen LogP contribution in [-0.2, 0) is 4.79 Å². The fraction of sp³-hybridized carbons (Fsp3) is 0.615. The molecule has 1 aliphatic heterocycles. The summed E-state index contributed by atoms with van der Waals surface area (Å²) in [5.41, 5.74) is 7.40. The lowest BCUT2D eigenvalue weighted by Gasteiger charge is -2.40. The van der Waals surface area contributed by atoms with E-state index < -0.39 is 0 Å². The van der Waals surface area contributed by atoms with Crippen molar-refractivity contribution >= 4 is 17.2 Å². The molecule has 0 aromatic carbocycles. The predicted molar refractivity (Wildman–Crippen MR) is 70.8 cm³/mol. The van der Waals surface area contributed by atoms with Gasteiger partial charge in [0.2, 0.25) is 5.91 Å². The Hall–Kier alpha value is -0.870. The quantitative estimate of drug-likeness (QED) is 0.898. The minimum Gasteiger partial charge on any atom is -0.334 e. The molecule has 0 radical (unpaired) electrons. The molecule has 3 nitrogen and oxygen atoms in total. The minimum atomic E-state index is 0.0704. The monoisotopic (exact) mass is 252 g/mol. The first-order chi connectivity index (χ1) is 8.09. The van der Waals surface area contributed by atoms with E-state index in [2.05, 4.69) is 30.7 Å². The molecule has 1 aromatic rings. The average Bonchev–Trinajstić information content (AvgIpc) is 2.76. The van der Waals surface area contributed by atoms with Crippen molar-refractivity contribution in [2.24, 2.45) is 11.7 Å². The Balaban J connectivity index is 2.25. The molecule has 0 spiro atoms. The first kappa shape index (κ1) is 12.6. The van der Waals surface area contributed by atoms with Gasteiger partial charge in [0.05, 0.1) is 6.04 Å². The largest absolute Gasteiger partial charge is 0.334 e. The summed E-state index contributed by atoms with van der Waals surface area (Å²) in [7, 11) is 0. The number of rotatable bonds is 3. The van der Waals surface area contributed by atoms with Crippen molar-refractivity contribution in [3.63, 3.8) is 0 Å². The molecule has 2 heterocycles. The van der Waals surface area contributed by atoms with Gasteiger partial charge in [-0.05, 0) is 34.7 Å². The topological polar surface area (TPSA) is 46.3 Å². The van der Waals surface area contributed by atoms with Crippen LogP contribution in [-0.4, -0.2) is 23.4 Å². The van der Waals surface area contributed by atoms with Gasteiger partial charge in [0.1, 0.15) is 0 Å². The Morgan fingerprint density at radius 1 is 1.59 bits per heavy atom. The highest BCUT2D eigenvalue weighted by molar-refractivity contribution is 7.08. The lowest BCUT2D eigenvalue weighted by atomic mass is 9.91. The van der Waals surface area contributed by atoms with E-state index in [1.54, 1.807) is 11.3 Å². The van der Waals surface area contributed by atoms with Crippen molar-refractivity contribution in [3.05, 3.63) is 22.4 Å². The second kappa shape index (κ2) is 5.19. The number of carbonyl (C=O) groups excluding carboxylic acids is 1. The molecular formula is C13H20N2OS. The van der Waals surface area contributed by atoms with Gasteiger partial charge in [0.25, 0.3) is 0 Å². The third kappa shape index (κ3) is 2.69. The maximum absolute atomic E-state index is 12.1. The molecular weight excluding hydrogens is 232 g/mol. The first-order valence-electron chi connectivity index (χ1n) is 6.16. The van der Waals surface area contributed by atoms with Crippen LogP contribution >= 0.6 is 11.3 Å². The van der Waals surface area contributed by atoms with Crippen molar-refractivity contribution in [2.75, 3.05) is 6.54 Å². The fourth-order valence-electron chi connectivity index (χ4n) is 2.46. The summed E-state index contributed by atoms with van der Waals surface area (Å²) in [5, 5.41) is 4.16. The van der Waals surface area contributed by atoms with Crippen LogP contribution in [0.1, 0.15) is 38.3 Å². The lowest BCUT2D eigenvalue weighted by molar-refractivity contribution is -0.138. The van der Waals surface area contributed by atoms with Crippen LogP contribution in [0.25, 0.3) is 0 Å². The van der Waals surface area contributed by atoms with Gasteiger partial charge >= 0.3 is 0 Å². The number of carbonyl (C=O) groups is 1. The zero-order valence-corrected chi connectivity index (χ0v) is 11.2. The minimum absolute atomic E-state index is 0.0704. The van der Waals surface area contributed by atoms with Gasteiger partial charge in [-0.3, -0.25) is 4.79 Å². The predicted octanol–water partition coefficient (Wildman–Crippen LogP) is 2.39. The molecule has 1 saturated heterocycles. The molecule has 2 rings (SSSR count). The highest BCUT2D eigenvalue weighted by atomic mass is 32.1. The van der Waals surface area contributed by atoms with E-state index in [9.17, 15) is 4.79 Å². The van der Waals surface area contributed by atoms with Crippen molar-refractivity contribution < 1.29 is 4.79 Å². The van der Waals surface area contributed by atoms with E-state index in [1.165, 1.54) is 5.56 Å². The summed E-state index contributed by atoms with van der Waals surface area (Å²) in [5.74, 6) is 0.724. The van der Waals surface area contributed by atoms with Gasteiger partial charge < -0.3 is 10.6 Å². The van der Waals surface area contributed by atoms with Gasteiger partial charge in [0.15, 0.2) is 0 Å². The molecule has 0 aliphatic carbocycles. The molecule has 2 N–H and O–H groups in total. The number of nitrogens with two attached hydrogens (primary N) is 1. The Morgan fingerprint density at radius 2 is 2.35 bits per heavy atom. The zero-order chi connectivity index (χ0) is 12.4. The normalized spacial score (nSPS) is 25.6. The maximum atomic E-state index is 12.1. The molecule has 0 saturated carbocycles. The van der Waals surface area contributed by atoms with Gasteiger partial charge in [-0.25, -0.2) is 0 Å². The van der Waals surface area contributed by atoms with Gasteiger partial charge in [0, 0.05) is 19.0 Å². The van der Waals surface area contributed by atoms with Crippen LogP contribution in [0.4, 0.5) is 0 Å². The van der Waals surface area contributed by atoms with E-state index in [4.69, 9.17) is 5.73 Å². The van der Waals surface area contributed by atoms with Crippen molar-refractivity contribution in [2.45, 2.75) is 38.8 Å². The summed E-state index contributed by atoms with van der Waals surface area (Å²) < 4.78 is 0. The van der Waals surface area contributed by atoms with Crippen molar-refractivity contribution in [1.29, 1.82) is 0 Å². The number of piperidine rings is 1. The summed E-state index contributed by atoms with van der Waals surface area (Å²) in [6, 6.07) is 2.23. The van der Waals surface area contributed by atoms with Crippen molar-refractivity contribution in [1.82, 2.24) is 4.90 Å². The number of nitrogens with zero attached hydrogens (tertiary/aromatic N) is 1. The number of hydrogen-bond donors (Lipinski definition) is 1. The molecule has 1 aromatic heterocycles. The standard InChI is InChI=1S/C13H20N2OS/c1-9(2)7-15-12(16)4-3-11(14)13(15)10-5-6-17-8-10/h5-6,8-9,11,13H,3-4,7,14H2,1-2H3. The Morgan fingerprint density at radius 3 is 2.94 bits per heavy atom. The molecule has 1 aliphatic rings. The maximum Gasteiger partial charge on any atom is 0.223 e. The molecule has 94 valence electrons. The van der Waals surface area contributed by atoms with E-state index in [1.807, 2.05) is 4.90 Å². The summed E-state index contributed by atoms with van der Waals surface area (Å²) in [4.78, 5) is 14.0. The number of amides is 1. The lowest BCUT2D eigenvalue weighted by Crippen LogP contribution is -2.49. The highest BCUT2D eigenvalue weighted by Gasteiger charge is 2.35. The highest BCUT2D eigenvalue weighted by Crippen LogP contribution is 2.32. The number of likely N-dealkylation sites (tertiary alicyclic amines) is 1. The number of hydrogen-bond acceptors (Lipinski definition) is 3. The number of thiophene rings is 1. The van der Waals surface area contributed by atoms with E-state index in [0.717, 1.165) is 13.0 Å². The molecule has 4 heteroatoms. The summed E-state index contributed by atoms with van der Waals surface area (Å²) in [6.07, 6.45) is 1.39. The molecule has 2 atom stereocenters. The van der Waals surface area contributed by atoms with Crippen LogP contribution < -0.4 is 5.73 Å². The Labute approximate surface area is 107 Å². The zero-order valence-electron chi connectivity index (χ0n) is 10.4. The second-order valence-electron chi connectivity index (χ2n) is 5.14. The van der Waals surface area contributed by atoms with Crippen LogP contribution in [0.15, 0.2) is 16.8 Å². The van der Waals surface area contributed by atoms with Crippen LogP contribution in [0.5, 0.6) is 0 Å². The summed E-state index contributed by atoms with van der Waals surface area (Å²) in [6.45, 7) is 5.07. The SMILES string of the molecule is CC(C)CN1C(=O)CCC(N)C1c1ccsc1. The first-order valence-corrected chi connectivity index (χ1v) is 7.11. The van der Waals surface area contributed by atoms with E-state index in [0.29, 0.717) is 12.3 Å². The smallest absolute Gasteiger partial charge is 0.223 e. The third-order valence-corrected chi connectivity index (χ3v) is 3.90. The van der Waals surface area contributed by atoms with E-state index >= 15 is 0 Å². The van der Waals surface area contributed by atoms with Gasteiger partial charge in [-0.15, -0.1) is 0 Å². The van der Waals surface area contributed by atoms with Crippen molar-refractivity contribution in [3.8, 4) is 0 Å². The van der Waals surface area contributed by atoms with Crippen LogP contribution in [0.3, 0.4) is 0 Å². The molecule has 1 fully saturated rings. The Bertz CT molecular complexity index is 375.